The molecule has 0 aliphatic carbocycles. The van der Waals surface area contributed by atoms with Crippen molar-refractivity contribution >= 4 is 5.69 Å². The van der Waals surface area contributed by atoms with Crippen molar-refractivity contribution in [2.24, 2.45) is 0 Å². The van der Waals surface area contributed by atoms with Gasteiger partial charge in [-0.2, -0.15) is 10.4 Å². The third-order valence-corrected chi connectivity index (χ3v) is 2.72. The maximum absolute atomic E-state index is 12.8. The van der Waals surface area contributed by atoms with Crippen molar-refractivity contribution in [3.8, 4) is 6.07 Å². The summed E-state index contributed by atoms with van der Waals surface area (Å²) in [5.74, 6) is -0.347. The van der Waals surface area contributed by atoms with E-state index in [0.717, 1.165) is 5.56 Å². The van der Waals surface area contributed by atoms with Crippen molar-refractivity contribution in [3.63, 3.8) is 0 Å². The van der Waals surface area contributed by atoms with E-state index in [1.807, 2.05) is 0 Å². The molecule has 0 atom stereocenters. The van der Waals surface area contributed by atoms with Crippen LogP contribution in [0.2, 0.25) is 0 Å². The predicted octanol–water partition coefficient (Wildman–Crippen LogP) is 2.05. The molecular weight excluding hydrogens is 251 g/mol. The zero-order chi connectivity index (χ0) is 14.0. The van der Waals surface area contributed by atoms with Crippen LogP contribution < -0.4 is 0 Å². The minimum atomic E-state index is -0.373. The fraction of sp³-hybridized carbons (Fsp3) is 0.167. The monoisotopic (exact) mass is 261 g/mol. The summed E-state index contributed by atoms with van der Waals surface area (Å²) in [6.07, 6.45) is 0. The first-order chi connectivity index (χ1) is 9.02. The summed E-state index contributed by atoms with van der Waals surface area (Å²) in [5.41, 5.74) is 0.790. The number of benzene rings is 1. The van der Waals surface area contributed by atoms with Gasteiger partial charge in [0.2, 0.25) is 5.69 Å². The van der Waals surface area contributed by atoms with E-state index in [1.165, 1.54) is 16.8 Å². The highest BCUT2D eigenvalue weighted by molar-refractivity contribution is 5.47. The Labute approximate surface area is 107 Å². The molecule has 2 rings (SSSR count). The van der Waals surface area contributed by atoms with Gasteiger partial charge in [-0.3, -0.25) is 4.68 Å². The number of aromatic nitrogens is 2. The summed E-state index contributed by atoms with van der Waals surface area (Å²) < 4.78 is 14.2. The van der Waals surface area contributed by atoms with Crippen LogP contribution in [0.3, 0.4) is 0 Å². The summed E-state index contributed by atoms with van der Waals surface area (Å²) >= 11 is 0. The Hall–Kier alpha value is -2.75. The standard InChI is InChI=1S/C12H10FN4O2/c1-8-12(17(18)19)11(6-14)15-16(8)7-9-2-4-10(13)5-3-9/h2-5H,7H2,1H3,(H,18,19)/q+1. The molecule has 0 saturated heterocycles. The number of hydrogen-bond acceptors (Lipinski definition) is 3. The largest absolute Gasteiger partial charge is 0.374 e. The third-order valence-electron chi connectivity index (χ3n) is 2.72. The van der Waals surface area contributed by atoms with Gasteiger partial charge in [-0.1, -0.05) is 12.1 Å². The maximum Gasteiger partial charge on any atom is 0.374 e. The second kappa shape index (κ2) is 4.86. The molecular formula is C12H10FN4O2+. The molecule has 96 valence electrons. The van der Waals surface area contributed by atoms with Crippen LogP contribution in [-0.2, 0) is 6.54 Å². The van der Waals surface area contributed by atoms with Crippen LogP contribution in [0.15, 0.2) is 24.3 Å². The molecule has 0 radical (unpaired) electrons. The molecule has 0 aliphatic heterocycles. The fourth-order valence-electron chi connectivity index (χ4n) is 1.76. The minimum Gasteiger partial charge on any atom is -0.257 e. The van der Waals surface area contributed by atoms with Gasteiger partial charge in [-0.25, -0.2) is 9.60 Å². The number of nitriles is 1. The number of halogens is 1. The summed E-state index contributed by atoms with van der Waals surface area (Å²) in [6.45, 7) is 1.84. The normalized spacial score (nSPS) is 10.2. The first-order valence-corrected chi connectivity index (χ1v) is 5.41. The minimum absolute atomic E-state index is 0.155. The molecule has 7 heteroatoms. The maximum atomic E-state index is 12.8. The van der Waals surface area contributed by atoms with Gasteiger partial charge in [0.25, 0.3) is 4.92 Å². The quantitative estimate of drug-likeness (QED) is 0.857. The highest BCUT2D eigenvalue weighted by Gasteiger charge is 2.29. The summed E-state index contributed by atoms with van der Waals surface area (Å²) in [7, 11) is 0. The van der Waals surface area contributed by atoms with Crippen LogP contribution >= 0.6 is 0 Å². The second-order valence-corrected chi connectivity index (χ2v) is 3.95. The Balaban J connectivity index is 2.39. The van der Waals surface area contributed by atoms with Crippen molar-refractivity contribution in [1.82, 2.24) is 9.78 Å². The Morgan fingerprint density at radius 2 is 2.11 bits per heavy atom. The van der Waals surface area contributed by atoms with E-state index in [-0.39, 0.29) is 28.7 Å². The van der Waals surface area contributed by atoms with Gasteiger partial charge < -0.3 is 0 Å². The average Bonchev–Trinajstić information content (AvgIpc) is 2.69. The lowest BCUT2D eigenvalue weighted by molar-refractivity contribution is -0.730. The molecule has 6 nitrogen and oxygen atoms in total. The Morgan fingerprint density at radius 1 is 1.47 bits per heavy atom. The Bertz CT molecular complexity index is 670. The highest BCUT2D eigenvalue weighted by atomic mass is 19.1. The van der Waals surface area contributed by atoms with Gasteiger partial charge in [0.05, 0.1) is 11.5 Å². The van der Waals surface area contributed by atoms with E-state index in [9.17, 15) is 9.30 Å². The molecule has 1 aromatic heterocycles. The van der Waals surface area contributed by atoms with Crippen LogP contribution in [0.25, 0.3) is 0 Å². The van der Waals surface area contributed by atoms with Crippen LogP contribution in [-0.4, -0.2) is 19.9 Å². The lowest BCUT2D eigenvalue weighted by Gasteiger charge is -2.03. The topological polar surface area (TPSA) is 81.9 Å². The van der Waals surface area contributed by atoms with Gasteiger partial charge in [0.15, 0.2) is 0 Å². The zero-order valence-corrected chi connectivity index (χ0v) is 10.0. The smallest absolute Gasteiger partial charge is 0.257 e. The Morgan fingerprint density at radius 3 is 2.58 bits per heavy atom. The lowest BCUT2D eigenvalue weighted by Crippen LogP contribution is -2.04. The molecule has 0 fully saturated rings. The van der Waals surface area contributed by atoms with Gasteiger partial charge >= 0.3 is 5.69 Å². The summed E-state index contributed by atoms with van der Waals surface area (Å²) in [4.78, 5) is 10.6. The van der Waals surface area contributed by atoms with Gasteiger partial charge in [0, 0.05) is 0 Å². The van der Waals surface area contributed by atoms with Crippen LogP contribution in [0.5, 0.6) is 0 Å². The molecule has 0 spiro atoms. The summed E-state index contributed by atoms with van der Waals surface area (Å²) in [5, 5.41) is 21.7. The lowest BCUT2D eigenvalue weighted by atomic mass is 10.2. The average molecular weight is 261 g/mol. The van der Waals surface area contributed by atoms with E-state index in [2.05, 4.69) is 5.10 Å². The van der Waals surface area contributed by atoms with Crippen molar-refractivity contribution in [2.45, 2.75) is 13.5 Å². The molecule has 0 bridgehead atoms. The first-order valence-electron chi connectivity index (χ1n) is 5.41. The van der Waals surface area contributed by atoms with Crippen LogP contribution in [0, 0.1) is 29.0 Å². The fourth-order valence-corrected chi connectivity index (χ4v) is 1.76. The second-order valence-electron chi connectivity index (χ2n) is 3.95. The molecule has 0 aliphatic rings. The first kappa shape index (κ1) is 12.7. The van der Waals surface area contributed by atoms with Crippen LogP contribution in [0.4, 0.5) is 10.1 Å². The predicted molar refractivity (Wildman–Crippen MR) is 62.3 cm³/mol. The van der Waals surface area contributed by atoms with E-state index in [1.54, 1.807) is 25.1 Å². The molecule has 0 amide bonds. The summed E-state index contributed by atoms with van der Waals surface area (Å²) in [6, 6.07) is 7.52. The van der Waals surface area contributed by atoms with E-state index in [4.69, 9.17) is 10.5 Å². The number of hydrogen-bond donors (Lipinski definition) is 1. The van der Waals surface area contributed by atoms with Crippen molar-refractivity contribution < 1.29 is 14.5 Å². The SMILES string of the molecule is Cc1c([N+](=O)O)c(C#N)nn1Cc1ccc(F)cc1. The van der Waals surface area contributed by atoms with Crippen molar-refractivity contribution in [3.05, 3.63) is 51.9 Å². The third kappa shape index (κ3) is 2.42. The molecule has 0 unspecified atom stereocenters. The van der Waals surface area contributed by atoms with Gasteiger partial charge in [-0.15, -0.1) is 0 Å². The zero-order valence-electron chi connectivity index (χ0n) is 10.0. The van der Waals surface area contributed by atoms with Crippen molar-refractivity contribution in [2.75, 3.05) is 0 Å². The molecule has 0 saturated carbocycles. The van der Waals surface area contributed by atoms with E-state index >= 15 is 0 Å². The Kier molecular flexibility index (Phi) is 3.25. The van der Waals surface area contributed by atoms with E-state index < -0.39 is 0 Å². The molecule has 1 heterocycles. The molecule has 19 heavy (non-hydrogen) atoms. The molecule has 2 aromatic rings. The molecule has 1 N–H and O–H groups in total. The van der Waals surface area contributed by atoms with E-state index in [0.29, 0.717) is 5.69 Å². The van der Waals surface area contributed by atoms with Crippen LogP contribution in [0.1, 0.15) is 17.0 Å². The van der Waals surface area contributed by atoms with Gasteiger partial charge in [-0.05, 0) is 24.6 Å². The number of nitrogens with zero attached hydrogens (tertiary/aromatic N) is 4. The van der Waals surface area contributed by atoms with Gasteiger partial charge in [0.1, 0.15) is 17.6 Å². The van der Waals surface area contributed by atoms with Crippen molar-refractivity contribution in [1.29, 1.82) is 5.26 Å². The molecule has 1 aromatic carbocycles. The highest BCUT2D eigenvalue weighted by Crippen LogP contribution is 2.22. The number of rotatable bonds is 3.